The third-order valence-corrected chi connectivity index (χ3v) is 5.06. The number of hydrogen-bond acceptors (Lipinski definition) is 6. The molecule has 0 saturated carbocycles. The maximum Gasteiger partial charge on any atom is 0.292 e. The molecule has 136 valence electrons. The summed E-state index contributed by atoms with van der Waals surface area (Å²) in [6.07, 6.45) is 1.08. The molecule has 0 aliphatic carbocycles. The van der Waals surface area contributed by atoms with Crippen molar-refractivity contribution in [2.24, 2.45) is 0 Å². The molecule has 1 aromatic rings. The Morgan fingerprint density at radius 3 is 2.68 bits per heavy atom. The molecule has 0 spiro atoms. The van der Waals surface area contributed by atoms with Crippen LogP contribution in [0.5, 0.6) is 0 Å². The van der Waals surface area contributed by atoms with Gasteiger partial charge in [-0.15, -0.1) is 0 Å². The summed E-state index contributed by atoms with van der Waals surface area (Å²) in [5.74, 6) is -0.216. The standard InChI is InChI=1S/C17H24N4O4/c1-13(17(22)18-15-4-2-3-5-16(15)21(23)24)19-7-9-20(10-8-19)14-6-11-25-12-14/h2-5,13-14H,6-12H2,1H3,(H,18,22)/t13-,14+/m0/s1. The Labute approximate surface area is 146 Å². The Bertz CT molecular complexity index is 625. The number of benzene rings is 1. The Kier molecular flexibility index (Phi) is 5.62. The predicted octanol–water partition coefficient (Wildman–Crippen LogP) is 1.33. The number of anilines is 1. The second kappa shape index (κ2) is 7.90. The smallest absolute Gasteiger partial charge is 0.292 e. The summed E-state index contributed by atoms with van der Waals surface area (Å²) in [5, 5.41) is 13.8. The molecule has 8 nitrogen and oxygen atoms in total. The van der Waals surface area contributed by atoms with Crippen molar-refractivity contribution in [1.82, 2.24) is 9.80 Å². The van der Waals surface area contributed by atoms with E-state index in [1.165, 1.54) is 6.07 Å². The molecule has 0 radical (unpaired) electrons. The van der Waals surface area contributed by atoms with Crippen molar-refractivity contribution < 1.29 is 14.5 Å². The van der Waals surface area contributed by atoms with Crippen molar-refractivity contribution in [3.8, 4) is 0 Å². The summed E-state index contributed by atoms with van der Waals surface area (Å²) in [7, 11) is 0. The van der Waals surface area contributed by atoms with Crippen molar-refractivity contribution in [3.05, 3.63) is 34.4 Å². The van der Waals surface area contributed by atoms with Gasteiger partial charge in [0, 0.05) is 44.9 Å². The molecule has 2 aliphatic rings. The highest BCUT2D eigenvalue weighted by molar-refractivity contribution is 5.96. The van der Waals surface area contributed by atoms with Crippen LogP contribution in [0.25, 0.3) is 0 Å². The van der Waals surface area contributed by atoms with Gasteiger partial charge in [0.15, 0.2) is 0 Å². The molecule has 2 saturated heterocycles. The predicted molar refractivity (Wildman–Crippen MR) is 93.6 cm³/mol. The molecule has 1 amide bonds. The molecule has 8 heteroatoms. The maximum absolute atomic E-state index is 12.5. The zero-order chi connectivity index (χ0) is 17.8. The average Bonchev–Trinajstić information content (AvgIpc) is 3.16. The van der Waals surface area contributed by atoms with Gasteiger partial charge in [-0.1, -0.05) is 12.1 Å². The summed E-state index contributed by atoms with van der Waals surface area (Å²) >= 11 is 0. The zero-order valence-corrected chi connectivity index (χ0v) is 14.4. The van der Waals surface area contributed by atoms with E-state index < -0.39 is 4.92 Å². The van der Waals surface area contributed by atoms with Gasteiger partial charge in [0.25, 0.3) is 5.69 Å². The number of rotatable bonds is 5. The largest absolute Gasteiger partial charge is 0.380 e. The van der Waals surface area contributed by atoms with Gasteiger partial charge in [0.1, 0.15) is 5.69 Å². The van der Waals surface area contributed by atoms with Crippen molar-refractivity contribution in [3.63, 3.8) is 0 Å². The topological polar surface area (TPSA) is 87.9 Å². The van der Waals surface area contributed by atoms with E-state index in [0.717, 1.165) is 45.8 Å². The van der Waals surface area contributed by atoms with Crippen LogP contribution in [0.15, 0.2) is 24.3 Å². The highest BCUT2D eigenvalue weighted by atomic mass is 16.6. The van der Waals surface area contributed by atoms with E-state index in [1.54, 1.807) is 18.2 Å². The SMILES string of the molecule is C[C@@H](C(=O)Nc1ccccc1[N+](=O)[O-])N1CCN([C@@H]2CCOC2)CC1. The highest BCUT2D eigenvalue weighted by Crippen LogP contribution is 2.24. The van der Waals surface area contributed by atoms with Gasteiger partial charge in [0.05, 0.1) is 17.6 Å². The molecule has 3 rings (SSSR count). The molecule has 0 bridgehead atoms. The van der Waals surface area contributed by atoms with Crippen LogP contribution < -0.4 is 5.32 Å². The number of para-hydroxylation sites is 2. The van der Waals surface area contributed by atoms with E-state index in [1.807, 2.05) is 6.92 Å². The van der Waals surface area contributed by atoms with Gasteiger partial charge in [-0.3, -0.25) is 24.7 Å². The molecule has 2 atom stereocenters. The minimum Gasteiger partial charge on any atom is -0.380 e. The van der Waals surface area contributed by atoms with Gasteiger partial charge < -0.3 is 10.1 Å². The number of carbonyl (C=O) groups is 1. The lowest BCUT2D eigenvalue weighted by Crippen LogP contribution is -2.55. The average molecular weight is 348 g/mol. The van der Waals surface area contributed by atoms with Crippen molar-refractivity contribution in [2.75, 3.05) is 44.7 Å². The second-order valence-electron chi connectivity index (χ2n) is 6.53. The molecule has 1 aromatic carbocycles. The lowest BCUT2D eigenvalue weighted by Gasteiger charge is -2.39. The van der Waals surface area contributed by atoms with E-state index in [-0.39, 0.29) is 23.3 Å². The van der Waals surface area contributed by atoms with Crippen LogP contribution >= 0.6 is 0 Å². The van der Waals surface area contributed by atoms with E-state index in [4.69, 9.17) is 4.74 Å². The molecule has 1 N–H and O–H groups in total. The first kappa shape index (κ1) is 17.8. The lowest BCUT2D eigenvalue weighted by atomic mass is 10.1. The number of amides is 1. The van der Waals surface area contributed by atoms with Crippen LogP contribution in [-0.2, 0) is 9.53 Å². The number of nitrogens with zero attached hydrogens (tertiary/aromatic N) is 3. The number of nitro groups is 1. The van der Waals surface area contributed by atoms with Gasteiger partial charge >= 0.3 is 0 Å². The van der Waals surface area contributed by atoms with E-state index in [0.29, 0.717) is 6.04 Å². The second-order valence-corrected chi connectivity index (χ2v) is 6.53. The first-order valence-electron chi connectivity index (χ1n) is 8.66. The van der Waals surface area contributed by atoms with Crippen LogP contribution in [0.1, 0.15) is 13.3 Å². The zero-order valence-electron chi connectivity index (χ0n) is 14.4. The molecule has 2 aliphatic heterocycles. The molecule has 25 heavy (non-hydrogen) atoms. The molecule has 0 aromatic heterocycles. The number of nitrogens with one attached hydrogen (secondary N) is 1. The number of carbonyl (C=O) groups excluding carboxylic acids is 1. The summed E-state index contributed by atoms with van der Waals surface area (Å²) in [6, 6.07) is 6.38. The number of hydrogen-bond donors (Lipinski definition) is 1. The Balaban J connectivity index is 1.55. The molecule has 2 heterocycles. The van der Waals surface area contributed by atoms with Crippen molar-refractivity contribution in [2.45, 2.75) is 25.4 Å². The normalized spacial score (nSPS) is 23.3. The summed E-state index contributed by atoms with van der Waals surface area (Å²) in [6.45, 7) is 6.92. The number of piperazine rings is 1. The summed E-state index contributed by atoms with van der Waals surface area (Å²) < 4.78 is 5.45. The third kappa shape index (κ3) is 4.15. The van der Waals surface area contributed by atoms with Crippen molar-refractivity contribution in [1.29, 1.82) is 0 Å². The third-order valence-electron chi connectivity index (χ3n) is 5.06. The highest BCUT2D eigenvalue weighted by Gasteiger charge is 2.30. The fourth-order valence-corrected chi connectivity index (χ4v) is 3.44. The number of nitro benzene ring substituents is 1. The lowest BCUT2D eigenvalue weighted by molar-refractivity contribution is -0.383. The molecular weight excluding hydrogens is 324 g/mol. The Morgan fingerprint density at radius 1 is 1.32 bits per heavy atom. The van der Waals surface area contributed by atoms with E-state index in [9.17, 15) is 14.9 Å². The summed E-state index contributed by atoms with van der Waals surface area (Å²) in [4.78, 5) is 27.6. The monoisotopic (exact) mass is 348 g/mol. The van der Waals surface area contributed by atoms with Crippen molar-refractivity contribution >= 4 is 17.3 Å². The summed E-state index contributed by atoms with van der Waals surface area (Å²) in [5.41, 5.74) is 0.153. The van der Waals surface area contributed by atoms with Gasteiger partial charge in [-0.2, -0.15) is 0 Å². The molecular formula is C17H24N4O4. The molecule has 2 fully saturated rings. The number of ether oxygens (including phenoxy) is 1. The Hall–Kier alpha value is -2.03. The van der Waals surface area contributed by atoms with Crippen LogP contribution in [-0.4, -0.2) is 72.1 Å². The Morgan fingerprint density at radius 2 is 2.04 bits per heavy atom. The van der Waals surface area contributed by atoms with Gasteiger partial charge in [0.2, 0.25) is 5.91 Å². The van der Waals surface area contributed by atoms with Crippen LogP contribution in [0.3, 0.4) is 0 Å². The first-order chi connectivity index (χ1) is 12.1. The fourth-order valence-electron chi connectivity index (χ4n) is 3.44. The van der Waals surface area contributed by atoms with Crippen LogP contribution in [0, 0.1) is 10.1 Å². The van der Waals surface area contributed by atoms with E-state index in [2.05, 4.69) is 15.1 Å². The van der Waals surface area contributed by atoms with Gasteiger partial charge in [-0.25, -0.2) is 0 Å². The minimum absolute atomic E-state index is 0.0888. The van der Waals surface area contributed by atoms with Gasteiger partial charge in [-0.05, 0) is 19.4 Å². The van der Waals surface area contributed by atoms with E-state index >= 15 is 0 Å². The van der Waals surface area contributed by atoms with Crippen LogP contribution in [0.4, 0.5) is 11.4 Å². The quantitative estimate of drug-likeness (QED) is 0.638. The van der Waals surface area contributed by atoms with Crippen LogP contribution in [0.2, 0.25) is 0 Å². The first-order valence-corrected chi connectivity index (χ1v) is 8.66. The molecule has 0 unspecified atom stereocenters. The fraction of sp³-hybridized carbons (Fsp3) is 0.588. The maximum atomic E-state index is 12.5. The minimum atomic E-state index is -0.483.